The highest BCUT2D eigenvalue weighted by molar-refractivity contribution is 7.15. The summed E-state index contributed by atoms with van der Waals surface area (Å²) < 4.78 is 11.1. The second kappa shape index (κ2) is 4.85. The fourth-order valence-electron chi connectivity index (χ4n) is 1.68. The minimum atomic E-state index is -0.681. The van der Waals surface area contributed by atoms with E-state index >= 15 is 0 Å². The molecule has 1 aliphatic heterocycles. The Hall–Kier alpha value is -2.15. The van der Waals surface area contributed by atoms with Crippen LogP contribution in [0.25, 0.3) is 0 Å². The van der Waals surface area contributed by atoms with Crippen LogP contribution in [0, 0.1) is 6.92 Å². The second-order valence-corrected chi connectivity index (χ2v) is 5.16. The van der Waals surface area contributed by atoms with Crippen LogP contribution in [0.3, 0.4) is 0 Å². The van der Waals surface area contributed by atoms with Crippen LogP contribution in [0.4, 0.5) is 5.13 Å². The van der Waals surface area contributed by atoms with Crippen LogP contribution in [-0.4, -0.2) is 28.8 Å². The number of aromatic nitrogens is 2. The normalized spacial score (nSPS) is 17.0. The predicted molar refractivity (Wildman–Crippen MR) is 69.6 cm³/mol. The van der Waals surface area contributed by atoms with Crippen molar-refractivity contribution in [3.05, 3.63) is 29.3 Å². The molecule has 1 aromatic carbocycles. The Morgan fingerprint density at radius 2 is 2.16 bits per heavy atom. The molecule has 2 aromatic rings. The van der Waals surface area contributed by atoms with E-state index in [0.717, 1.165) is 5.01 Å². The van der Waals surface area contributed by atoms with Crippen LogP contribution in [0.2, 0.25) is 0 Å². The average Bonchev–Trinajstić information content (AvgIpc) is 2.83. The Labute approximate surface area is 113 Å². The number of para-hydroxylation sites is 2. The number of nitrogens with zero attached hydrogens (tertiary/aromatic N) is 2. The lowest BCUT2D eigenvalue weighted by Gasteiger charge is -2.25. The van der Waals surface area contributed by atoms with Crippen molar-refractivity contribution in [3.63, 3.8) is 0 Å². The fraction of sp³-hybridized carbons (Fsp3) is 0.250. The Kier molecular flexibility index (Phi) is 3.04. The lowest BCUT2D eigenvalue weighted by molar-refractivity contribution is -0.125. The second-order valence-electron chi connectivity index (χ2n) is 3.98. The first-order valence-corrected chi connectivity index (χ1v) is 6.53. The van der Waals surface area contributed by atoms with Gasteiger partial charge in [0, 0.05) is 0 Å². The number of amides is 1. The molecule has 0 spiro atoms. The fourth-order valence-corrected chi connectivity index (χ4v) is 2.28. The summed E-state index contributed by atoms with van der Waals surface area (Å²) in [6.45, 7) is 2.00. The molecule has 7 heteroatoms. The Morgan fingerprint density at radius 1 is 1.37 bits per heavy atom. The monoisotopic (exact) mass is 277 g/mol. The highest BCUT2D eigenvalue weighted by Gasteiger charge is 2.27. The smallest absolute Gasteiger partial charge is 0.270 e. The number of rotatable bonds is 2. The average molecular weight is 277 g/mol. The van der Waals surface area contributed by atoms with Crippen LogP contribution in [-0.2, 0) is 4.79 Å². The Bertz CT molecular complexity index is 614. The molecule has 3 rings (SSSR count). The van der Waals surface area contributed by atoms with Crippen molar-refractivity contribution in [2.24, 2.45) is 0 Å². The highest BCUT2D eigenvalue weighted by Crippen LogP contribution is 2.31. The quantitative estimate of drug-likeness (QED) is 0.903. The third-order valence-corrected chi connectivity index (χ3v) is 3.31. The largest absolute Gasteiger partial charge is 0.485 e. The minimum Gasteiger partial charge on any atom is -0.485 e. The predicted octanol–water partition coefficient (Wildman–Crippen LogP) is 1.63. The number of hydrogen-bond donors (Lipinski definition) is 1. The summed E-state index contributed by atoms with van der Waals surface area (Å²) >= 11 is 1.32. The van der Waals surface area contributed by atoms with E-state index < -0.39 is 6.10 Å². The number of benzene rings is 1. The molecule has 0 radical (unpaired) electrons. The summed E-state index contributed by atoms with van der Waals surface area (Å²) in [5.41, 5.74) is 0. The molecule has 1 aliphatic rings. The molecule has 0 aliphatic carbocycles. The van der Waals surface area contributed by atoms with E-state index in [1.165, 1.54) is 11.3 Å². The van der Waals surface area contributed by atoms with Gasteiger partial charge in [-0.05, 0) is 19.1 Å². The van der Waals surface area contributed by atoms with Crippen LogP contribution < -0.4 is 14.8 Å². The summed E-state index contributed by atoms with van der Waals surface area (Å²) in [5, 5.41) is 11.6. The van der Waals surface area contributed by atoms with Gasteiger partial charge in [-0.1, -0.05) is 23.5 Å². The lowest BCUT2D eigenvalue weighted by atomic mass is 10.2. The zero-order chi connectivity index (χ0) is 13.2. The first kappa shape index (κ1) is 11.9. The van der Waals surface area contributed by atoms with E-state index in [1.807, 2.05) is 19.1 Å². The van der Waals surface area contributed by atoms with Gasteiger partial charge in [0.25, 0.3) is 5.91 Å². The molecule has 1 N–H and O–H groups in total. The first-order valence-electron chi connectivity index (χ1n) is 5.72. The van der Waals surface area contributed by atoms with Gasteiger partial charge in [0.05, 0.1) is 0 Å². The summed E-state index contributed by atoms with van der Waals surface area (Å²) in [6.07, 6.45) is -0.681. The van der Waals surface area contributed by atoms with Gasteiger partial charge < -0.3 is 9.47 Å². The standard InChI is InChI=1S/C12H11N3O3S/c1-7-14-15-12(19-7)13-11(16)10-6-17-8-4-2-3-5-9(8)18-10/h2-5,10H,6H2,1H3,(H,13,15,16)/t10-/m1/s1. The number of anilines is 1. The SMILES string of the molecule is Cc1nnc(NC(=O)[C@H]2COc3ccccc3O2)s1. The van der Waals surface area contributed by atoms with Gasteiger partial charge >= 0.3 is 0 Å². The van der Waals surface area contributed by atoms with Crippen LogP contribution in [0.5, 0.6) is 11.5 Å². The molecule has 0 fully saturated rings. The lowest BCUT2D eigenvalue weighted by Crippen LogP contribution is -2.40. The van der Waals surface area contributed by atoms with Crippen LogP contribution in [0.15, 0.2) is 24.3 Å². The summed E-state index contributed by atoms with van der Waals surface area (Å²) in [7, 11) is 0. The third-order valence-electron chi connectivity index (χ3n) is 2.56. The summed E-state index contributed by atoms with van der Waals surface area (Å²) in [6, 6.07) is 7.25. The number of aryl methyl sites for hydroxylation is 1. The van der Waals surface area contributed by atoms with Gasteiger partial charge in [0.2, 0.25) is 11.2 Å². The molecule has 0 saturated carbocycles. The zero-order valence-electron chi connectivity index (χ0n) is 10.1. The molecule has 98 valence electrons. The number of carbonyl (C=O) groups is 1. The minimum absolute atomic E-state index is 0.181. The van der Waals surface area contributed by atoms with Crippen molar-refractivity contribution >= 4 is 22.4 Å². The van der Waals surface area contributed by atoms with E-state index in [1.54, 1.807) is 12.1 Å². The number of hydrogen-bond acceptors (Lipinski definition) is 6. The topological polar surface area (TPSA) is 73.3 Å². The van der Waals surface area contributed by atoms with Crippen LogP contribution in [0.1, 0.15) is 5.01 Å². The van der Waals surface area contributed by atoms with Gasteiger partial charge in [-0.15, -0.1) is 10.2 Å². The van der Waals surface area contributed by atoms with Crippen molar-refractivity contribution in [3.8, 4) is 11.5 Å². The van der Waals surface area contributed by atoms with E-state index in [-0.39, 0.29) is 12.5 Å². The maximum absolute atomic E-state index is 12.0. The van der Waals surface area contributed by atoms with Crippen molar-refractivity contribution in [2.75, 3.05) is 11.9 Å². The first-order chi connectivity index (χ1) is 9.22. The molecule has 6 nitrogen and oxygen atoms in total. The van der Waals surface area contributed by atoms with E-state index in [9.17, 15) is 4.79 Å². The maximum atomic E-state index is 12.0. The molecular formula is C12H11N3O3S. The number of carbonyl (C=O) groups excluding carboxylic acids is 1. The van der Waals surface area contributed by atoms with Crippen LogP contribution >= 0.6 is 11.3 Å². The molecule has 1 amide bonds. The van der Waals surface area contributed by atoms with Crippen molar-refractivity contribution in [2.45, 2.75) is 13.0 Å². The maximum Gasteiger partial charge on any atom is 0.270 e. The van der Waals surface area contributed by atoms with Gasteiger partial charge in [-0.25, -0.2) is 0 Å². The molecule has 0 bridgehead atoms. The van der Waals surface area contributed by atoms with Crippen molar-refractivity contribution in [1.29, 1.82) is 0 Å². The highest BCUT2D eigenvalue weighted by atomic mass is 32.1. The third kappa shape index (κ3) is 2.50. The summed E-state index contributed by atoms with van der Waals surface area (Å²) in [5.74, 6) is 0.936. The van der Waals surface area contributed by atoms with E-state index in [4.69, 9.17) is 9.47 Å². The van der Waals surface area contributed by atoms with E-state index in [0.29, 0.717) is 16.6 Å². The van der Waals surface area contributed by atoms with Gasteiger partial charge in [-0.2, -0.15) is 0 Å². The number of nitrogens with one attached hydrogen (secondary N) is 1. The molecule has 1 atom stereocenters. The molecule has 19 heavy (non-hydrogen) atoms. The molecule has 1 aromatic heterocycles. The number of fused-ring (bicyclic) bond motifs is 1. The number of ether oxygens (including phenoxy) is 2. The van der Waals surface area contributed by atoms with E-state index in [2.05, 4.69) is 15.5 Å². The molecule has 0 unspecified atom stereocenters. The zero-order valence-corrected chi connectivity index (χ0v) is 10.9. The van der Waals surface area contributed by atoms with Gasteiger partial charge in [0.1, 0.15) is 11.6 Å². The van der Waals surface area contributed by atoms with Gasteiger partial charge in [-0.3, -0.25) is 10.1 Å². The molecular weight excluding hydrogens is 266 g/mol. The van der Waals surface area contributed by atoms with Crippen molar-refractivity contribution in [1.82, 2.24) is 10.2 Å². The molecule has 0 saturated heterocycles. The Balaban J connectivity index is 1.69. The Morgan fingerprint density at radius 3 is 2.89 bits per heavy atom. The molecule has 2 heterocycles. The summed E-state index contributed by atoms with van der Waals surface area (Å²) in [4.78, 5) is 12.0. The van der Waals surface area contributed by atoms with Gasteiger partial charge in [0.15, 0.2) is 11.5 Å². The van der Waals surface area contributed by atoms with Crippen molar-refractivity contribution < 1.29 is 14.3 Å².